The van der Waals surface area contributed by atoms with Crippen molar-refractivity contribution in [3.63, 3.8) is 0 Å². The quantitative estimate of drug-likeness (QED) is 0.844. The standard InChI is InChI=1S/C21H22N2O3/c1-23-11-9-21-8-7-15(24)12-17(21)26-20-16(6-5-14(13-23)19(20)21)25-18-4-2-3-10-22-18/h2-8,10,15,17,24H,9,11-13H2,1H3/t15-,17?,21?/m0/s1. The largest absolute Gasteiger partial charge is 0.485 e. The number of benzene rings is 1. The molecule has 5 heteroatoms. The van der Waals surface area contributed by atoms with Gasteiger partial charge in [-0.2, -0.15) is 0 Å². The summed E-state index contributed by atoms with van der Waals surface area (Å²) < 4.78 is 12.5. The Balaban J connectivity index is 1.65. The van der Waals surface area contributed by atoms with Crippen LogP contribution in [0.5, 0.6) is 17.4 Å². The Hall–Kier alpha value is -2.37. The fourth-order valence-corrected chi connectivity index (χ4v) is 4.52. The number of pyridine rings is 1. The molecule has 3 atom stereocenters. The van der Waals surface area contributed by atoms with Gasteiger partial charge in [-0.3, -0.25) is 0 Å². The van der Waals surface area contributed by atoms with E-state index in [2.05, 4.69) is 29.1 Å². The Morgan fingerprint density at radius 3 is 3.08 bits per heavy atom. The summed E-state index contributed by atoms with van der Waals surface area (Å²) in [6.45, 7) is 1.88. The number of aliphatic hydroxyl groups excluding tert-OH is 1. The minimum atomic E-state index is -0.454. The van der Waals surface area contributed by atoms with Crippen LogP contribution in [0, 0.1) is 0 Å². The van der Waals surface area contributed by atoms with Crippen LogP contribution in [-0.2, 0) is 12.0 Å². The van der Waals surface area contributed by atoms with Gasteiger partial charge in [0.05, 0.1) is 11.5 Å². The number of aromatic nitrogens is 1. The molecular formula is C21H22N2O3. The highest BCUT2D eigenvalue weighted by Crippen LogP contribution is 2.56. The lowest BCUT2D eigenvalue weighted by atomic mass is 9.69. The van der Waals surface area contributed by atoms with Crippen molar-refractivity contribution in [2.24, 2.45) is 0 Å². The molecule has 0 amide bonds. The van der Waals surface area contributed by atoms with Crippen molar-refractivity contribution >= 4 is 0 Å². The lowest BCUT2D eigenvalue weighted by molar-refractivity contribution is 0.0824. The summed E-state index contributed by atoms with van der Waals surface area (Å²) in [5.74, 6) is 2.06. The number of nitrogens with zero attached hydrogens (tertiary/aromatic N) is 2. The third-order valence-electron chi connectivity index (χ3n) is 5.78. The van der Waals surface area contributed by atoms with E-state index in [0.29, 0.717) is 18.1 Å². The molecule has 0 radical (unpaired) electrons. The molecule has 5 nitrogen and oxygen atoms in total. The van der Waals surface area contributed by atoms with Crippen LogP contribution in [0.4, 0.5) is 0 Å². The molecule has 0 bridgehead atoms. The first-order valence-corrected chi connectivity index (χ1v) is 9.13. The Morgan fingerprint density at radius 1 is 1.31 bits per heavy atom. The van der Waals surface area contributed by atoms with Gasteiger partial charge in [0.15, 0.2) is 11.5 Å². The molecule has 2 aliphatic heterocycles. The molecule has 3 aliphatic rings. The molecule has 1 aromatic carbocycles. The third kappa shape index (κ3) is 2.35. The molecule has 1 aromatic heterocycles. The van der Waals surface area contributed by atoms with Crippen LogP contribution >= 0.6 is 0 Å². The van der Waals surface area contributed by atoms with Gasteiger partial charge in [0.1, 0.15) is 6.10 Å². The van der Waals surface area contributed by atoms with Crippen molar-refractivity contribution in [2.75, 3.05) is 13.6 Å². The van der Waals surface area contributed by atoms with E-state index in [1.54, 1.807) is 6.20 Å². The van der Waals surface area contributed by atoms with E-state index in [9.17, 15) is 5.11 Å². The summed E-state index contributed by atoms with van der Waals surface area (Å²) in [7, 11) is 2.15. The Kier molecular flexibility index (Phi) is 3.55. The molecule has 0 saturated heterocycles. The second-order valence-corrected chi connectivity index (χ2v) is 7.49. The second-order valence-electron chi connectivity index (χ2n) is 7.49. The van der Waals surface area contributed by atoms with Crippen molar-refractivity contribution in [1.82, 2.24) is 9.88 Å². The molecule has 134 valence electrons. The zero-order valence-corrected chi connectivity index (χ0v) is 14.8. The fraction of sp³-hybridized carbons (Fsp3) is 0.381. The molecule has 0 fully saturated rings. The summed E-state index contributed by atoms with van der Waals surface area (Å²) >= 11 is 0. The zero-order valence-electron chi connectivity index (χ0n) is 14.8. The smallest absolute Gasteiger partial charge is 0.219 e. The van der Waals surface area contributed by atoms with Gasteiger partial charge in [-0.25, -0.2) is 4.98 Å². The normalized spacial score (nSPS) is 29.5. The molecule has 1 spiro atoms. The third-order valence-corrected chi connectivity index (χ3v) is 5.78. The van der Waals surface area contributed by atoms with Gasteiger partial charge in [0.25, 0.3) is 0 Å². The first kappa shape index (κ1) is 15.9. The molecule has 2 unspecified atom stereocenters. The lowest BCUT2D eigenvalue weighted by Gasteiger charge is -2.35. The van der Waals surface area contributed by atoms with E-state index in [1.807, 2.05) is 30.3 Å². The maximum Gasteiger partial charge on any atom is 0.219 e. The maximum absolute atomic E-state index is 10.1. The van der Waals surface area contributed by atoms with E-state index in [0.717, 1.165) is 25.3 Å². The number of hydrogen-bond donors (Lipinski definition) is 1. The lowest BCUT2D eigenvalue weighted by Crippen LogP contribution is -2.42. The van der Waals surface area contributed by atoms with Crippen LogP contribution in [0.25, 0.3) is 0 Å². The van der Waals surface area contributed by atoms with Crippen LogP contribution in [0.2, 0.25) is 0 Å². The van der Waals surface area contributed by atoms with E-state index in [-0.39, 0.29) is 11.5 Å². The van der Waals surface area contributed by atoms with Gasteiger partial charge in [-0.05, 0) is 37.7 Å². The maximum atomic E-state index is 10.1. The van der Waals surface area contributed by atoms with Crippen molar-refractivity contribution < 1.29 is 14.6 Å². The molecule has 26 heavy (non-hydrogen) atoms. The summed E-state index contributed by atoms with van der Waals surface area (Å²) in [4.78, 5) is 6.61. The zero-order chi connectivity index (χ0) is 17.7. The minimum absolute atomic E-state index is 0.0590. The highest BCUT2D eigenvalue weighted by Gasteiger charge is 2.52. The van der Waals surface area contributed by atoms with Crippen LogP contribution in [0.1, 0.15) is 24.0 Å². The van der Waals surface area contributed by atoms with Crippen LogP contribution < -0.4 is 9.47 Å². The van der Waals surface area contributed by atoms with Gasteiger partial charge in [-0.1, -0.05) is 24.3 Å². The summed E-state index contributed by atoms with van der Waals surface area (Å²) in [5, 5.41) is 10.1. The van der Waals surface area contributed by atoms with Gasteiger partial charge in [0, 0.05) is 30.8 Å². The Bertz CT molecular complexity index is 867. The van der Waals surface area contributed by atoms with Crippen LogP contribution in [0.15, 0.2) is 48.7 Å². The molecular weight excluding hydrogens is 328 g/mol. The number of ether oxygens (including phenoxy) is 2. The highest BCUT2D eigenvalue weighted by atomic mass is 16.5. The van der Waals surface area contributed by atoms with Crippen molar-refractivity contribution in [1.29, 1.82) is 0 Å². The number of aliphatic hydroxyl groups is 1. The fourth-order valence-electron chi connectivity index (χ4n) is 4.52. The van der Waals surface area contributed by atoms with Crippen molar-refractivity contribution in [3.05, 3.63) is 59.8 Å². The van der Waals surface area contributed by atoms with Crippen LogP contribution in [0.3, 0.4) is 0 Å². The van der Waals surface area contributed by atoms with Gasteiger partial charge >= 0.3 is 0 Å². The van der Waals surface area contributed by atoms with E-state index >= 15 is 0 Å². The summed E-state index contributed by atoms with van der Waals surface area (Å²) in [5.41, 5.74) is 2.32. The average Bonchev–Trinajstić information content (AvgIpc) is 2.90. The second kappa shape index (κ2) is 5.83. The van der Waals surface area contributed by atoms with E-state index in [4.69, 9.17) is 9.47 Å². The summed E-state index contributed by atoms with van der Waals surface area (Å²) in [6.07, 6.45) is 6.89. The van der Waals surface area contributed by atoms with Crippen molar-refractivity contribution in [2.45, 2.75) is 37.0 Å². The Morgan fingerprint density at radius 2 is 2.23 bits per heavy atom. The number of hydrogen-bond acceptors (Lipinski definition) is 5. The molecule has 1 N–H and O–H groups in total. The minimum Gasteiger partial charge on any atom is -0.485 e. The monoisotopic (exact) mass is 350 g/mol. The van der Waals surface area contributed by atoms with Crippen molar-refractivity contribution in [3.8, 4) is 17.4 Å². The molecule has 3 heterocycles. The molecule has 0 saturated carbocycles. The van der Waals surface area contributed by atoms with Crippen LogP contribution in [-0.4, -0.2) is 40.8 Å². The first-order chi connectivity index (χ1) is 12.7. The highest BCUT2D eigenvalue weighted by molar-refractivity contribution is 5.61. The predicted molar refractivity (Wildman–Crippen MR) is 97.6 cm³/mol. The predicted octanol–water partition coefficient (Wildman–Crippen LogP) is 3.03. The summed E-state index contributed by atoms with van der Waals surface area (Å²) in [6, 6.07) is 9.73. The van der Waals surface area contributed by atoms with E-state index < -0.39 is 6.10 Å². The van der Waals surface area contributed by atoms with E-state index in [1.165, 1.54) is 11.1 Å². The van der Waals surface area contributed by atoms with Gasteiger partial charge in [0.2, 0.25) is 5.88 Å². The van der Waals surface area contributed by atoms with Gasteiger partial charge in [-0.15, -0.1) is 0 Å². The topological polar surface area (TPSA) is 54.8 Å². The Labute approximate surface area is 152 Å². The van der Waals surface area contributed by atoms with Gasteiger partial charge < -0.3 is 19.5 Å². The number of rotatable bonds is 2. The first-order valence-electron chi connectivity index (χ1n) is 9.13. The SMILES string of the molecule is CN1CCC23C=C[C@H](O)CC2Oc2c(Oc4ccccn4)ccc(c23)C1. The average molecular weight is 350 g/mol. The molecule has 1 aliphatic carbocycles. The molecule has 2 aromatic rings. The molecule has 5 rings (SSSR count).